The molecule has 3 rings (SSSR count). The lowest BCUT2D eigenvalue weighted by Crippen LogP contribution is -2.16. The predicted octanol–water partition coefficient (Wildman–Crippen LogP) is 5.17. The molecule has 30 heavy (non-hydrogen) atoms. The summed E-state index contributed by atoms with van der Waals surface area (Å²) < 4.78 is 1.41. The minimum Gasteiger partial charge on any atom is -0.321 e. The zero-order valence-electron chi connectivity index (χ0n) is 18.1. The van der Waals surface area contributed by atoms with Gasteiger partial charge in [0.25, 0.3) is 11.8 Å². The molecule has 0 fully saturated rings. The van der Waals surface area contributed by atoms with Crippen molar-refractivity contribution in [2.75, 3.05) is 10.6 Å². The summed E-state index contributed by atoms with van der Waals surface area (Å²) in [4.78, 5) is 25.2. The number of aryl methyl sites for hydroxylation is 1. The Morgan fingerprint density at radius 3 is 1.63 bits per heavy atom. The number of carbonyl (C=O) groups is 2. The second kappa shape index (κ2) is 8.95. The molecule has 0 spiro atoms. The van der Waals surface area contributed by atoms with Crippen LogP contribution in [0.3, 0.4) is 0 Å². The molecule has 0 aliphatic carbocycles. The smallest absolute Gasteiger partial charge is 0.276 e. The molecule has 6 heteroatoms. The van der Waals surface area contributed by atoms with Gasteiger partial charge in [-0.2, -0.15) is 5.10 Å². The molecule has 0 atom stereocenters. The summed E-state index contributed by atoms with van der Waals surface area (Å²) in [7, 11) is 1.64. The quantitative estimate of drug-likeness (QED) is 0.595. The van der Waals surface area contributed by atoms with Crippen LogP contribution in [0, 0.1) is 0 Å². The first-order valence-corrected chi connectivity index (χ1v) is 10.1. The maximum absolute atomic E-state index is 12.6. The van der Waals surface area contributed by atoms with Crippen LogP contribution in [-0.4, -0.2) is 21.6 Å². The van der Waals surface area contributed by atoms with Gasteiger partial charge < -0.3 is 10.6 Å². The largest absolute Gasteiger partial charge is 0.321 e. The Bertz CT molecular complexity index is 1030. The normalized spacial score (nSPS) is 11.0. The molecule has 6 nitrogen and oxygen atoms in total. The number of hydrogen-bond acceptors (Lipinski definition) is 3. The van der Waals surface area contributed by atoms with E-state index in [1.807, 2.05) is 48.5 Å². The van der Waals surface area contributed by atoms with Gasteiger partial charge in [0.2, 0.25) is 0 Å². The lowest BCUT2D eigenvalue weighted by Gasteiger charge is -2.08. The van der Waals surface area contributed by atoms with Crippen molar-refractivity contribution in [3.8, 4) is 0 Å². The van der Waals surface area contributed by atoms with Gasteiger partial charge in [0.1, 0.15) is 5.69 Å². The van der Waals surface area contributed by atoms with E-state index < -0.39 is 0 Å². The van der Waals surface area contributed by atoms with Crippen molar-refractivity contribution in [1.29, 1.82) is 0 Å². The summed E-state index contributed by atoms with van der Waals surface area (Å²) in [6.07, 6.45) is 0. The molecule has 0 aliphatic heterocycles. The fraction of sp³-hybridized carbons (Fsp3) is 0.292. The molecule has 2 N–H and O–H groups in total. The summed E-state index contributed by atoms with van der Waals surface area (Å²) in [6.45, 7) is 8.47. The fourth-order valence-corrected chi connectivity index (χ4v) is 3.08. The Hall–Kier alpha value is -3.41. The average Bonchev–Trinajstić information content (AvgIpc) is 3.11. The third kappa shape index (κ3) is 4.95. The first-order valence-electron chi connectivity index (χ1n) is 10.1. The Balaban J connectivity index is 1.69. The van der Waals surface area contributed by atoms with E-state index in [4.69, 9.17) is 0 Å². The standard InChI is InChI=1S/C24H28N4O2/c1-15(2)17-6-10-19(11-7-17)25-23(29)21-14-22(28(5)27-21)24(30)26-20-12-8-18(9-13-20)16(3)4/h6-16H,1-5H3,(H,25,29)(H,26,30). The zero-order chi connectivity index (χ0) is 21.8. The molecule has 1 heterocycles. The fourth-order valence-electron chi connectivity index (χ4n) is 3.08. The topological polar surface area (TPSA) is 76.0 Å². The van der Waals surface area contributed by atoms with Crippen LogP contribution in [0.1, 0.15) is 71.6 Å². The van der Waals surface area contributed by atoms with Gasteiger partial charge in [-0.3, -0.25) is 14.3 Å². The summed E-state index contributed by atoms with van der Waals surface area (Å²) in [5.41, 5.74) is 4.28. The summed E-state index contributed by atoms with van der Waals surface area (Å²) in [5.74, 6) is 0.175. The molecule has 0 saturated heterocycles. The number of nitrogens with one attached hydrogen (secondary N) is 2. The second-order valence-corrected chi connectivity index (χ2v) is 8.00. The highest BCUT2D eigenvalue weighted by Gasteiger charge is 2.18. The lowest BCUT2D eigenvalue weighted by atomic mass is 10.0. The van der Waals surface area contributed by atoms with E-state index in [1.165, 1.54) is 21.9 Å². The number of anilines is 2. The number of hydrogen-bond donors (Lipinski definition) is 2. The molecule has 0 saturated carbocycles. The van der Waals surface area contributed by atoms with Crippen molar-refractivity contribution in [2.24, 2.45) is 7.05 Å². The van der Waals surface area contributed by atoms with E-state index in [0.29, 0.717) is 28.9 Å². The van der Waals surface area contributed by atoms with Crippen molar-refractivity contribution in [3.05, 3.63) is 77.1 Å². The van der Waals surface area contributed by atoms with Crippen molar-refractivity contribution < 1.29 is 9.59 Å². The van der Waals surface area contributed by atoms with E-state index in [1.54, 1.807) is 7.05 Å². The molecular formula is C24H28N4O2. The van der Waals surface area contributed by atoms with E-state index in [-0.39, 0.29) is 17.5 Å². The lowest BCUT2D eigenvalue weighted by molar-refractivity contribution is 0.101. The number of rotatable bonds is 6. The number of benzene rings is 2. The van der Waals surface area contributed by atoms with E-state index in [2.05, 4.69) is 43.4 Å². The number of amides is 2. The maximum atomic E-state index is 12.6. The molecule has 1 aromatic heterocycles. The molecule has 2 amide bonds. The SMILES string of the molecule is CC(C)c1ccc(NC(=O)c2cc(C(=O)Nc3ccc(C(C)C)cc3)n(C)n2)cc1. The van der Waals surface area contributed by atoms with Crippen LogP contribution in [-0.2, 0) is 7.05 Å². The highest BCUT2D eigenvalue weighted by molar-refractivity contribution is 6.07. The monoisotopic (exact) mass is 404 g/mol. The van der Waals surface area contributed by atoms with Crippen LogP contribution in [0.2, 0.25) is 0 Å². The van der Waals surface area contributed by atoms with Gasteiger partial charge in [-0.25, -0.2) is 0 Å². The van der Waals surface area contributed by atoms with Gasteiger partial charge >= 0.3 is 0 Å². The Morgan fingerprint density at radius 2 is 1.20 bits per heavy atom. The van der Waals surface area contributed by atoms with E-state index in [0.717, 1.165) is 0 Å². The van der Waals surface area contributed by atoms with Gasteiger partial charge in [-0.1, -0.05) is 52.0 Å². The Morgan fingerprint density at radius 1 is 0.767 bits per heavy atom. The minimum absolute atomic E-state index is 0.186. The maximum Gasteiger partial charge on any atom is 0.276 e. The molecular weight excluding hydrogens is 376 g/mol. The van der Waals surface area contributed by atoms with Gasteiger partial charge in [-0.15, -0.1) is 0 Å². The second-order valence-electron chi connectivity index (χ2n) is 8.00. The molecule has 0 unspecified atom stereocenters. The van der Waals surface area contributed by atoms with Crippen LogP contribution in [0.25, 0.3) is 0 Å². The van der Waals surface area contributed by atoms with Crippen molar-refractivity contribution >= 4 is 23.2 Å². The summed E-state index contributed by atoms with van der Waals surface area (Å²) in [5, 5.41) is 9.87. The molecule has 0 bridgehead atoms. The molecule has 3 aromatic rings. The van der Waals surface area contributed by atoms with E-state index in [9.17, 15) is 9.59 Å². The summed E-state index contributed by atoms with van der Waals surface area (Å²) in [6, 6.07) is 16.9. The average molecular weight is 405 g/mol. The minimum atomic E-state index is -0.358. The number of carbonyl (C=O) groups excluding carboxylic acids is 2. The molecule has 0 radical (unpaired) electrons. The summed E-state index contributed by atoms with van der Waals surface area (Å²) >= 11 is 0. The molecule has 156 valence electrons. The molecule has 2 aromatic carbocycles. The Labute approximate surface area is 177 Å². The van der Waals surface area contributed by atoms with Crippen molar-refractivity contribution in [2.45, 2.75) is 39.5 Å². The predicted molar refractivity (Wildman–Crippen MR) is 120 cm³/mol. The first-order chi connectivity index (χ1) is 14.2. The third-order valence-electron chi connectivity index (χ3n) is 5.02. The van der Waals surface area contributed by atoms with Gasteiger partial charge in [0.15, 0.2) is 5.69 Å². The van der Waals surface area contributed by atoms with Crippen LogP contribution in [0.15, 0.2) is 54.6 Å². The van der Waals surface area contributed by atoms with Crippen LogP contribution in [0.4, 0.5) is 11.4 Å². The van der Waals surface area contributed by atoms with Crippen molar-refractivity contribution in [1.82, 2.24) is 9.78 Å². The van der Waals surface area contributed by atoms with Crippen LogP contribution >= 0.6 is 0 Å². The van der Waals surface area contributed by atoms with Gasteiger partial charge in [-0.05, 0) is 47.2 Å². The highest BCUT2D eigenvalue weighted by atomic mass is 16.2. The third-order valence-corrected chi connectivity index (χ3v) is 5.02. The van der Waals surface area contributed by atoms with Crippen LogP contribution < -0.4 is 10.6 Å². The Kier molecular flexibility index (Phi) is 6.35. The zero-order valence-corrected chi connectivity index (χ0v) is 18.1. The number of aromatic nitrogens is 2. The highest BCUT2D eigenvalue weighted by Crippen LogP contribution is 2.19. The van der Waals surface area contributed by atoms with Crippen LogP contribution in [0.5, 0.6) is 0 Å². The van der Waals surface area contributed by atoms with Gasteiger partial charge in [0, 0.05) is 24.5 Å². The first kappa shape index (κ1) is 21.3. The van der Waals surface area contributed by atoms with E-state index >= 15 is 0 Å². The van der Waals surface area contributed by atoms with Gasteiger partial charge in [0.05, 0.1) is 0 Å². The van der Waals surface area contributed by atoms with Crippen molar-refractivity contribution in [3.63, 3.8) is 0 Å². The molecule has 0 aliphatic rings. The number of nitrogens with zero attached hydrogens (tertiary/aromatic N) is 2.